The van der Waals surface area contributed by atoms with Gasteiger partial charge in [0.1, 0.15) is 9.09 Å². The molecule has 0 amide bonds. The maximum atomic E-state index is 12.3. The number of rotatable bonds is 4. The molecule has 0 saturated heterocycles. The quantitative estimate of drug-likeness (QED) is 0.835. The maximum Gasteiger partial charge on any atom is 0.346 e. The summed E-state index contributed by atoms with van der Waals surface area (Å²) in [5.41, 5.74) is 1.75. The number of nitrogens with one attached hydrogen (secondary N) is 1. The summed E-state index contributed by atoms with van der Waals surface area (Å²) in [5.74, 6) is -1.13. The van der Waals surface area contributed by atoms with Crippen LogP contribution in [0.25, 0.3) is 0 Å². The average Bonchev–Trinajstić information content (AvgIpc) is 2.77. The van der Waals surface area contributed by atoms with E-state index in [1.54, 1.807) is 25.1 Å². The molecular formula is C13H12BrNO4S2. The third kappa shape index (κ3) is 3.45. The lowest BCUT2D eigenvalue weighted by Gasteiger charge is -2.07. The molecule has 8 heteroatoms. The van der Waals surface area contributed by atoms with Gasteiger partial charge in [0.2, 0.25) is 0 Å². The number of sulfonamides is 1. The fraction of sp³-hybridized carbons (Fsp3) is 0.154. The van der Waals surface area contributed by atoms with Crippen LogP contribution in [0.4, 0.5) is 5.69 Å². The van der Waals surface area contributed by atoms with Crippen molar-refractivity contribution in [3.63, 3.8) is 0 Å². The molecule has 0 saturated carbocycles. The van der Waals surface area contributed by atoms with Crippen LogP contribution in [0.1, 0.15) is 20.8 Å². The number of carboxylic acid groups (broad SMARTS) is 1. The number of carbonyl (C=O) groups is 1. The van der Waals surface area contributed by atoms with Gasteiger partial charge in [-0.1, -0.05) is 15.9 Å². The standard InChI is InChI=1S/C13H12BrNO4S2/c1-7-5-9(3-4-10(7)14)15-21(18,19)11-6-8(2)12(20-11)13(16)17/h3-6,15H,1-2H3,(H,16,17). The Hall–Kier alpha value is -1.38. The molecule has 0 unspecified atom stereocenters. The van der Waals surface area contributed by atoms with Crippen molar-refractivity contribution < 1.29 is 18.3 Å². The van der Waals surface area contributed by atoms with Crippen molar-refractivity contribution in [2.75, 3.05) is 4.72 Å². The molecule has 0 aliphatic heterocycles. The molecule has 1 aromatic heterocycles. The Morgan fingerprint density at radius 2 is 1.90 bits per heavy atom. The van der Waals surface area contributed by atoms with Crippen molar-refractivity contribution in [2.24, 2.45) is 0 Å². The Labute approximate surface area is 134 Å². The van der Waals surface area contributed by atoms with Crippen LogP contribution >= 0.6 is 27.3 Å². The van der Waals surface area contributed by atoms with Gasteiger partial charge in [0.05, 0.1) is 0 Å². The van der Waals surface area contributed by atoms with Crippen LogP contribution in [-0.4, -0.2) is 19.5 Å². The van der Waals surface area contributed by atoms with Crippen LogP contribution in [0.15, 0.2) is 32.9 Å². The van der Waals surface area contributed by atoms with Crippen LogP contribution in [0.5, 0.6) is 0 Å². The third-order valence-electron chi connectivity index (χ3n) is 2.76. The molecule has 2 aromatic rings. The van der Waals surface area contributed by atoms with E-state index in [4.69, 9.17) is 5.11 Å². The highest BCUT2D eigenvalue weighted by molar-refractivity contribution is 9.10. The van der Waals surface area contributed by atoms with E-state index in [0.29, 0.717) is 11.3 Å². The molecule has 0 aliphatic rings. The molecule has 112 valence electrons. The second-order valence-electron chi connectivity index (χ2n) is 4.45. The van der Waals surface area contributed by atoms with Crippen LogP contribution in [0.2, 0.25) is 0 Å². The van der Waals surface area contributed by atoms with Crippen molar-refractivity contribution in [3.8, 4) is 0 Å². The minimum atomic E-state index is -3.79. The molecule has 0 radical (unpaired) electrons. The summed E-state index contributed by atoms with van der Waals surface area (Å²) in [7, 11) is -3.79. The number of halogens is 1. The van der Waals surface area contributed by atoms with E-state index in [9.17, 15) is 13.2 Å². The zero-order chi connectivity index (χ0) is 15.8. The summed E-state index contributed by atoms with van der Waals surface area (Å²) in [6.45, 7) is 3.42. The monoisotopic (exact) mass is 389 g/mol. The normalized spacial score (nSPS) is 11.4. The van der Waals surface area contributed by atoms with Gasteiger partial charge in [0.15, 0.2) is 0 Å². The smallest absolute Gasteiger partial charge is 0.346 e. The highest BCUT2D eigenvalue weighted by atomic mass is 79.9. The number of anilines is 1. The van der Waals surface area contributed by atoms with E-state index in [2.05, 4.69) is 20.7 Å². The summed E-state index contributed by atoms with van der Waals surface area (Å²) in [5, 5.41) is 8.99. The predicted molar refractivity (Wildman–Crippen MR) is 85.7 cm³/mol. The summed E-state index contributed by atoms with van der Waals surface area (Å²) < 4.78 is 27.9. The predicted octanol–water partition coefficient (Wildman–Crippen LogP) is 3.63. The summed E-state index contributed by atoms with van der Waals surface area (Å²) in [6.07, 6.45) is 0. The molecule has 1 heterocycles. The van der Waals surface area contributed by atoms with E-state index in [0.717, 1.165) is 21.4 Å². The molecule has 2 rings (SSSR count). The lowest BCUT2D eigenvalue weighted by Crippen LogP contribution is -2.11. The summed E-state index contributed by atoms with van der Waals surface area (Å²) in [6, 6.07) is 6.44. The summed E-state index contributed by atoms with van der Waals surface area (Å²) >= 11 is 4.08. The zero-order valence-electron chi connectivity index (χ0n) is 11.2. The van der Waals surface area contributed by atoms with Gasteiger partial charge in [-0.2, -0.15) is 0 Å². The first-order valence-corrected chi connectivity index (χ1v) is 8.92. The number of aryl methyl sites for hydroxylation is 2. The highest BCUT2D eigenvalue weighted by Gasteiger charge is 2.21. The number of hydrogen-bond donors (Lipinski definition) is 2. The zero-order valence-corrected chi connectivity index (χ0v) is 14.4. The van der Waals surface area contributed by atoms with Gasteiger partial charge < -0.3 is 5.11 Å². The van der Waals surface area contributed by atoms with Gasteiger partial charge in [-0.25, -0.2) is 13.2 Å². The van der Waals surface area contributed by atoms with Crippen LogP contribution < -0.4 is 4.72 Å². The molecule has 1 aromatic carbocycles. The first kappa shape index (κ1) is 16.0. The first-order chi connectivity index (χ1) is 9.70. The average molecular weight is 390 g/mol. The lowest BCUT2D eigenvalue weighted by atomic mass is 10.2. The molecular weight excluding hydrogens is 378 g/mol. The third-order valence-corrected chi connectivity index (χ3v) is 6.73. The minimum absolute atomic E-state index is 0.0158. The second kappa shape index (κ2) is 5.78. The number of aromatic carboxylic acids is 1. The van der Waals surface area contributed by atoms with Crippen molar-refractivity contribution in [2.45, 2.75) is 18.1 Å². The van der Waals surface area contributed by atoms with Crippen LogP contribution in [0.3, 0.4) is 0 Å². The van der Waals surface area contributed by atoms with Gasteiger partial charge in [-0.05, 0) is 49.2 Å². The van der Waals surface area contributed by atoms with Crippen LogP contribution in [-0.2, 0) is 10.0 Å². The fourth-order valence-corrected chi connectivity index (χ4v) is 4.39. The molecule has 21 heavy (non-hydrogen) atoms. The lowest BCUT2D eigenvalue weighted by molar-refractivity contribution is 0.0701. The van der Waals surface area contributed by atoms with Gasteiger partial charge >= 0.3 is 5.97 Å². The van der Waals surface area contributed by atoms with Gasteiger partial charge in [-0.15, -0.1) is 11.3 Å². The Balaban J connectivity index is 2.36. The van der Waals surface area contributed by atoms with E-state index < -0.39 is 16.0 Å². The summed E-state index contributed by atoms with van der Waals surface area (Å²) in [4.78, 5) is 11.0. The SMILES string of the molecule is Cc1cc(NS(=O)(=O)c2cc(C)c(C(=O)O)s2)ccc1Br. The number of hydrogen-bond acceptors (Lipinski definition) is 4. The Morgan fingerprint density at radius 1 is 1.24 bits per heavy atom. The van der Waals surface area contributed by atoms with Crippen molar-refractivity contribution in [1.29, 1.82) is 0 Å². The maximum absolute atomic E-state index is 12.3. The van der Waals surface area contributed by atoms with E-state index in [1.165, 1.54) is 6.07 Å². The van der Waals surface area contributed by atoms with Crippen LogP contribution in [0, 0.1) is 13.8 Å². The number of benzene rings is 1. The van der Waals surface area contributed by atoms with Crippen molar-refractivity contribution >= 4 is 48.9 Å². The van der Waals surface area contributed by atoms with Crippen molar-refractivity contribution in [1.82, 2.24) is 0 Å². The first-order valence-electron chi connectivity index (χ1n) is 5.83. The number of carboxylic acids is 1. The fourth-order valence-electron chi connectivity index (χ4n) is 1.71. The molecule has 0 fully saturated rings. The highest BCUT2D eigenvalue weighted by Crippen LogP contribution is 2.28. The Kier molecular flexibility index (Phi) is 4.40. The molecule has 0 spiro atoms. The number of thiophene rings is 1. The van der Waals surface area contributed by atoms with Crippen molar-refractivity contribution in [3.05, 3.63) is 44.7 Å². The molecule has 5 nitrogen and oxygen atoms in total. The molecule has 0 aliphatic carbocycles. The Bertz CT molecular complexity index is 812. The van der Waals surface area contributed by atoms with Gasteiger partial charge in [-0.3, -0.25) is 4.72 Å². The molecule has 0 bridgehead atoms. The minimum Gasteiger partial charge on any atom is -0.477 e. The largest absolute Gasteiger partial charge is 0.477 e. The van der Waals surface area contributed by atoms with Gasteiger partial charge in [0, 0.05) is 10.2 Å². The van der Waals surface area contributed by atoms with E-state index in [1.807, 2.05) is 6.92 Å². The van der Waals surface area contributed by atoms with E-state index >= 15 is 0 Å². The Morgan fingerprint density at radius 3 is 2.43 bits per heavy atom. The molecule has 0 atom stereocenters. The van der Waals surface area contributed by atoms with Gasteiger partial charge in [0.25, 0.3) is 10.0 Å². The topological polar surface area (TPSA) is 83.5 Å². The molecule has 2 N–H and O–H groups in total. The van der Waals surface area contributed by atoms with E-state index in [-0.39, 0.29) is 9.09 Å². The second-order valence-corrected chi connectivity index (χ2v) is 8.27.